The van der Waals surface area contributed by atoms with Gasteiger partial charge >= 0.3 is 0 Å². The number of H-pyrrole nitrogens is 2. The number of rotatable bonds is 20. The first-order valence-electron chi connectivity index (χ1n) is 21.0. The van der Waals surface area contributed by atoms with E-state index in [4.69, 9.17) is 23.9 Å². The summed E-state index contributed by atoms with van der Waals surface area (Å²) >= 11 is 0. The third-order valence-electron chi connectivity index (χ3n) is 9.79. The number of ether oxygens (including phenoxy) is 4. The highest BCUT2D eigenvalue weighted by Gasteiger charge is 2.25. The molecule has 4 aromatic rings. The zero-order chi connectivity index (χ0) is 46.3. The Bertz CT molecular complexity index is 2220. The molecule has 63 heavy (non-hydrogen) atoms. The monoisotopic (exact) mass is 862 g/mol. The molecule has 336 valence electrons. The smallest absolute Gasteiger partial charge is 0.272 e. The zero-order valence-electron chi connectivity index (χ0n) is 37.9. The van der Waals surface area contributed by atoms with E-state index in [1.807, 2.05) is 78.0 Å². The molecule has 5 rings (SSSR count). The molecule has 2 N–H and O–H groups in total. The van der Waals surface area contributed by atoms with Gasteiger partial charge in [0.1, 0.15) is 53.3 Å². The van der Waals surface area contributed by atoms with Gasteiger partial charge < -0.3 is 43.6 Å². The van der Waals surface area contributed by atoms with Gasteiger partial charge in [-0.05, 0) is 114 Å². The van der Waals surface area contributed by atoms with Crippen LogP contribution in [0.25, 0.3) is 5.57 Å². The lowest BCUT2D eigenvalue weighted by molar-refractivity contribution is -0.123. The van der Waals surface area contributed by atoms with Crippen molar-refractivity contribution >= 4 is 35.3 Å². The zero-order valence-corrected chi connectivity index (χ0v) is 37.9. The van der Waals surface area contributed by atoms with E-state index < -0.39 is 0 Å². The molecule has 0 saturated heterocycles. The number of nitrogens with one attached hydrogen (secondary N) is 2. The Balaban J connectivity index is 0.000000328. The lowest BCUT2D eigenvalue weighted by atomic mass is 9.99. The van der Waals surface area contributed by atoms with Crippen molar-refractivity contribution in [3.8, 4) is 23.0 Å². The molecule has 0 radical (unpaired) electrons. The van der Waals surface area contributed by atoms with Gasteiger partial charge in [-0.3, -0.25) is 19.2 Å². The lowest BCUT2D eigenvalue weighted by Gasteiger charge is -2.18. The van der Waals surface area contributed by atoms with Crippen LogP contribution in [0.15, 0.2) is 115 Å². The first-order valence-corrected chi connectivity index (χ1v) is 21.0. The molecule has 2 aromatic carbocycles. The summed E-state index contributed by atoms with van der Waals surface area (Å²) in [6, 6.07) is 17.8. The summed E-state index contributed by atoms with van der Waals surface area (Å²) in [5, 5.41) is 0. The SMILES string of the molecule is C=CCOc1ccc(OC)cc1/C(=C1\C=CC(C(=O)N(CC)CC)=N1)c1ccc(C(=O)N(CC)CC)[nH]1.C=CCOc1ccc(OC)cc1C=O.CCN(CC)C(=O)c1ccc[nH]1. The highest BCUT2D eigenvalue weighted by Crippen LogP contribution is 2.38. The van der Waals surface area contributed by atoms with Gasteiger partial charge in [-0.2, -0.15) is 0 Å². The first kappa shape index (κ1) is 50.3. The third kappa shape index (κ3) is 13.7. The van der Waals surface area contributed by atoms with Gasteiger partial charge in [0.15, 0.2) is 6.29 Å². The quantitative estimate of drug-likeness (QED) is 0.0664. The van der Waals surface area contributed by atoms with E-state index in [0.29, 0.717) is 108 Å². The predicted molar refractivity (Wildman–Crippen MR) is 249 cm³/mol. The van der Waals surface area contributed by atoms with E-state index in [9.17, 15) is 19.2 Å². The van der Waals surface area contributed by atoms with E-state index in [-0.39, 0.29) is 17.7 Å². The average molecular weight is 863 g/mol. The first-order chi connectivity index (χ1) is 30.5. The maximum Gasteiger partial charge on any atom is 0.272 e. The molecule has 3 heterocycles. The molecule has 2 aromatic heterocycles. The normalized spacial score (nSPS) is 12.0. The van der Waals surface area contributed by atoms with Gasteiger partial charge in [0.25, 0.3) is 17.7 Å². The van der Waals surface area contributed by atoms with Gasteiger partial charge in [-0.25, -0.2) is 4.99 Å². The molecule has 1 aliphatic heterocycles. The summed E-state index contributed by atoms with van der Waals surface area (Å²) < 4.78 is 21.7. The number of methoxy groups -OCH3 is 2. The van der Waals surface area contributed by atoms with Gasteiger partial charge in [0.05, 0.1) is 25.5 Å². The minimum atomic E-state index is -0.131. The number of carbonyl (C=O) groups excluding carboxylic acids is 4. The number of benzene rings is 2. The molecule has 0 bridgehead atoms. The highest BCUT2D eigenvalue weighted by molar-refractivity contribution is 6.44. The summed E-state index contributed by atoms with van der Waals surface area (Å²) in [6.45, 7) is 23.6. The van der Waals surface area contributed by atoms with Gasteiger partial charge in [0, 0.05) is 62.3 Å². The Labute approximate surface area is 371 Å². The molecule has 0 spiro atoms. The van der Waals surface area contributed by atoms with Crippen molar-refractivity contribution in [1.29, 1.82) is 0 Å². The number of amides is 3. The number of aromatic amines is 2. The molecule has 0 atom stereocenters. The van der Waals surface area contributed by atoms with Crippen LogP contribution in [-0.2, 0) is 4.79 Å². The van der Waals surface area contributed by atoms with E-state index in [2.05, 4.69) is 23.1 Å². The fourth-order valence-electron chi connectivity index (χ4n) is 6.34. The van der Waals surface area contributed by atoms with Crippen LogP contribution in [0.3, 0.4) is 0 Å². The second-order valence-corrected chi connectivity index (χ2v) is 13.5. The van der Waals surface area contributed by atoms with E-state index in [1.165, 1.54) is 0 Å². The molecule has 0 saturated carbocycles. The number of carbonyl (C=O) groups is 4. The van der Waals surface area contributed by atoms with Crippen molar-refractivity contribution in [2.24, 2.45) is 4.99 Å². The second kappa shape index (κ2) is 26.3. The van der Waals surface area contributed by atoms with E-state index >= 15 is 0 Å². The summed E-state index contributed by atoms with van der Waals surface area (Å²) in [5.41, 5.74) is 4.63. The minimum absolute atomic E-state index is 0.0741. The molecule has 0 fully saturated rings. The molecule has 0 unspecified atom stereocenters. The highest BCUT2D eigenvalue weighted by atomic mass is 16.5. The summed E-state index contributed by atoms with van der Waals surface area (Å²) in [4.78, 5) is 64.4. The number of allylic oxidation sites excluding steroid dienone is 1. The lowest BCUT2D eigenvalue weighted by Crippen LogP contribution is -2.35. The number of aliphatic imine (C=N–C) groups is 1. The Morgan fingerprint density at radius 3 is 1.70 bits per heavy atom. The largest absolute Gasteiger partial charge is 0.497 e. The van der Waals surface area contributed by atoms with Crippen molar-refractivity contribution in [1.82, 2.24) is 24.7 Å². The van der Waals surface area contributed by atoms with Crippen LogP contribution >= 0.6 is 0 Å². The van der Waals surface area contributed by atoms with Crippen molar-refractivity contribution in [3.05, 3.63) is 138 Å². The number of aldehydes is 1. The maximum atomic E-state index is 13.0. The molecule has 1 aliphatic rings. The van der Waals surface area contributed by atoms with Gasteiger partial charge in [-0.15, -0.1) is 0 Å². The number of nitrogens with zero attached hydrogens (tertiary/aromatic N) is 4. The van der Waals surface area contributed by atoms with Crippen molar-refractivity contribution < 1.29 is 38.1 Å². The van der Waals surface area contributed by atoms with Gasteiger partial charge in [0.2, 0.25) is 0 Å². The third-order valence-corrected chi connectivity index (χ3v) is 9.79. The van der Waals surface area contributed by atoms with Crippen molar-refractivity contribution in [2.45, 2.75) is 41.5 Å². The standard InChI is InChI=1S/C29H36N4O4.C11H12O3.C9H14N2O/c1-7-18-37-26-17-12-20(36-6)19-21(26)27(22-13-15-24(30-22)28(34)32(8-2)9-3)23-14-16-25(31-23)29(35)33(10-4)11-5;1-3-6-14-11-5-4-10(13-2)7-9(11)8-12;1-3-11(4-2)9(12)8-6-5-7-10-8/h7,12-17,19,30H,1,8-11,18H2,2-6H3;3-5,7-8H,1,6H2,2H3;5-7,10H,3-4H2,1-2H3/b27-23-;;. The van der Waals surface area contributed by atoms with E-state index in [1.54, 1.807) is 83.7 Å². The van der Waals surface area contributed by atoms with Crippen LogP contribution in [-0.4, -0.2) is 121 Å². The Kier molecular flexibility index (Phi) is 21.0. The molecule has 14 nitrogen and oxygen atoms in total. The fraction of sp³-hybridized carbons (Fsp3) is 0.327. The van der Waals surface area contributed by atoms with Crippen LogP contribution in [0.5, 0.6) is 23.0 Å². The Morgan fingerprint density at radius 2 is 1.17 bits per heavy atom. The van der Waals surface area contributed by atoms with Crippen LogP contribution in [0.2, 0.25) is 0 Å². The van der Waals surface area contributed by atoms with Crippen LogP contribution in [0, 0.1) is 0 Å². The Morgan fingerprint density at radius 1 is 0.651 bits per heavy atom. The molecule has 3 amide bonds. The molecular formula is C49H62N6O8. The summed E-state index contributed by atoms with van der Waals surface area (Å²) in [6.07, 6.45) is 9.34. The molecule has 14 heteroatoms. The van der Waals surface area contributed by atoms with Crippen LogP contribution in [0.1, 0.15) is 84.1 Å². The van der Waals surface area contributed by atoms with Crippen LogP contribution in [0.4, 0.5) is 0 Å². The minimum Gasteiger partial charge on any atom is -0.497 e. The summed E-state index contributed by atoms with van der Waals surface area (Å²) in [5.74, 6) is 2.27. The van der Waals surface area contributed by atoms with Crippen LogP contribution < -0.4 is 18.9 Å². The van der Waals surface area contributed by atoms with Crippen molar-refractivity contribution in [2.75, 3.05) is 66.7 Å². The predicted octanol–water partition coefficient (Wildman–Crippen LogP) is 8.28. The fourth-order valence-corrected chi connectivity index (χ4v) is 6.34. The molecular weight excluding hydrogens is 801 g/mol. The molecule has 0 aliphatic carbocycles. The summed E-state index contributed by atoms with van der Waals surface area (Å²) in [7, 11) is 3.15. The van der Waals surface area contributed by atoms with Crippen molar-refractivity contribution in [3.63, 3.8) is 0 Å². The average Bonchev–Trinajstić information content (AvgIpc) is 4.14. The van der Waals surface area contributed by atoms with Gasteiger partial charge in [-0.1, -0.05) is 25.3 Å². The number of hydrogen-bond donors (Lipinski definition) is 2. The topological polar surface area (TPSA) is 159 Å². The Hall–Kier alpha value is -7.09. The second-order valence-electron chi connectivity index (χ2n) is 13.5. The van der Waals surface area contributed by atoms with E-state index in [0.717, 1.165) is 19.4 Å². The number of hydrogen-bond acceptors (Lipinski definition) is 9. The maximum absolute atomic E-state index is 13.0. The number of aromatic nitrogens is 2.